The number of nitrogens with one attached hydrogen (secondary N) is 1. The molecule has 1 aliphatic rings. The normalized spacial score (nSPS) is 28.2. The van der Waals surface area contributed by atoms with Crippen LogP contribution in [-0.4, -0.2) is 29.6 Å². The quantitative estimate of drug-likeness (QED) is 0.921. The Morgan fingerprint density at radius 2 is 2.15 bits per heavy atom. The fourth-order valence-corrected chi connectivity index (χ4v) is 2.78. The second-order valence-electron chi connectivity index (χ2n) is 6.61. The van der Waals surface area contributed by atoms with Crippen molar-refractivity contribution in [2.75, 3.05) is 7.11 Å². The van der Waals surface area contributed by atoms with E-state index in [1.807, 2.05) is 13.8 Å². The summed E-state index contributed by atoms with van der Waals surface area (Å²) in [4.78, 5) is 16.4. The van der Waals surface area contributed by atoms with Crippen LogP contribution in [0.15, 0.2) is 10.8 Å². The Morgan fingerprint density at radius 1 is 1.50 bits per heavy atom. The number of methoxy groups -OCH3 is 1. The van der Waals surface area contributed by atoms with Crippen molar-refractivity contribution in [2.24, 2.45) is 5.41 Å². The fraction of sp³-hybridized carbons (Fsp3) is 0.733. The topological polar surface area (TPSA) is 64.4 Å². The van der Waals surface area contributed by atoms with Crippen LogP contribution in [0.4, 0.5) is 0 Å². The Morgan fingerprint density at radius 3 is 2.65 bits per heavy atom. The van der Waals surface area contributed by atoms with Gasteiger partial charge in [-0.3, -0.25) is 4.79 Å². The van der Waals surface area contributed by atoms with Crippen LogP contribution < -0.4 is 5.32 Å². The first-order valence-electron chi connectivity index (χ1n) is 7.02. The van der Waals surface area contributed by atoms with Crippen molar-refractivity contribution >= 4 is 5.91 Å². The largest absolute Gasteiger partial charge is 0.447 e. The van der Waals surface area contributed by atoms with Crippen LogP contribution in [0.5, 0.6) is 0 Å². The first-order valence-corrected chi connectivity index (χ1v) is 7.02. The molecule has 20 heavy (non-hydrogen) atoms. The van der Waals surface area contributed by atoms with E-state index in [2.05, 4.69) is 31.1 Å². The van der Waals surface area contributed by atoms with Crippen molar-refractivity contribution in [2.45, 2.75) is 58.6 Å². The molecular weight excluding hydrogens is 256 g/mol. The molecule has 0 spiro atoms. The summed E-state index contributed by atoms with van der Waals surface area (Å²) in [6.45, 7) is 10.2. The summed E-state index contributed by atoms with van der Waals surface area (Å²) in [6, 6.07) is 0.0802. The van der Waals surface area contributed by atoms with Crippen molar-refractivity contribution in [3.05, 3.63) is 17.8 Å². The Kier molecular flexibility index (Phi) is 3.67. The van der Waals surface area contributed by atoms with Gasteiger partial charge in [-0.25, -0.2) is 4.98 Å². The molecule has 1 amide bonds. The molecule has 1 fully saturated rings. The molecule has 0 aliphatic heterocycles. The van der Waals surface area contributed by atoms with Crippen LogP contribution >= 0.6 is 0 Å². The highest BCUT2D eigenvalue weighted by atomic mass is 16.5. The second-order valence-corrected chi connectivity index (χ2v) is 6.61. The number of amides is 1. The summed E-state index contributed by atoms with van der Waals surface area (Å²) in [5.41, 5.74) is 0.0798. The summed E-state index contributed by atoms with van der Waals surface area (Å²) in [6.07, 6.45) is 2.13. The lowest BCUT2D eigenvalue weighted by molar-refractivity contribution is -0.177. The van der Waals surface area contributed by atoms with Gasteiger partial charge >= 0.3 is 0 Å². The zero-order valence-electron chi connectivity index (χ0n) is 13.1. The molecule has 1 aliphatic carbocycles. The van der Waals surface area contributed by atoms with Crippen molar-refractivity contribution < 1.29 is 13.9 Å². The highest BCUT2D eigenvalue weighted by Crippen LogP contribution is 2.51. The minimum Gasteiger partial charge on any atom is -0.447 e. The van der Waals surface area contributed by atoms with Gasteiger partial charge < -0.3 is 14.5 Å². The second kappa shape index (κ2) is 4.88. The van der Waals surface area contributed by atoms with Gasteiger partial charge in [0.25, 0.3) is 5.91 Å². The molecule has 112 valence electrons. The van der Waals surface area contributed by atoms with Gasteiger partial charge in [0.05, 0.1) is 5.60 Å². The van der Waals surface area contributed by atoms with Crippen LogP contribution in [0.25, 0.3) is 0 Å². The molecule has 0 unspecified atom stereocenters. The minimum atomic E-state index is -0.199. The zero-order chi connectivity index (χ0) is 15.1. The number of hydrogen-bond donors (Lipinski definition) is 1. The van der Waals surface area contributed by atoms with Crippen molar-refractivity contribution in [1.29, 1.82) is 0 Å². The predicted octanol–water partition coefficient (Wildman–Crippen LogP) is 2.73. The maximum atomic E-state index is 12.3. The Bertz CT molecular complexity index is 507. The molecule has 5 heteroatoms. The summed E-state index contributed by atoms with van der Waals surface area (Å²) in [5.74, 6) is 0.602. The number of ether oxygens (including phenoxy) is 1. The third kappa shape index (κ3) is 2.14. The van der Waals surface area contributed by atoms with E-state index in [1.54, 1.807) is 7.11 Å². The number of oxazole rings is 1. The summed E-state index contributed by atoms with van der Waals surface area (Å²) in [7, 11) is 1.72. The molecule has 5 nitrogen and oxygen atoms in total. The molecule has 1 aromatic rings. The van der Waals surface area contributed by atoms with Crippen LogP contribution in [0.3, 0.4) is 0 Å². The SMILES string of the molecule is CO[C@@]1(C)C[C@@H](NC(=O)c2ncoc2C(C)C)C1(C)C. The number of aromatic nitrogens is 1. The first-order chi connectivity index (χ1) is 9.23. The molecule has 0 radical (unpaired) electrons. The number of carbonyl (C=O) groups is 1. The van der Waals surface area contributed by atoms with E-state index in [0.717, 1.165) is 6.42 Å². The van der Waals surface area contributed by atoms with Gasteiger partial charge in [0.15, 0.2) is 12.1 Å². The Hall–Kier alpha value is -1.36. The van der Waals surface area contributed by atoms with Crippen molar-refractivity contribution in [3.63, 3.8) is 0 Å². The molecule has 1 N–H and O–H groups in total. The molecular formula is C15H24N2O3. The summed E-state index contributed by atoms with van der Waals surface area (Å²) < 4.78 is 10.9. The van der Waals surface area contributed by atoms with E-state index in [-0.39, 0.29) is 28.9 Å². The minimum absolute atomic E-state index is 0.0802. The van der Waals surface area contributed by atoms with Gasteiger partial charge in [-0.05, 0) is 13.3 Å². The standard InChI is InChI=1S/C15H24N2O3/c1-9(2)12-11(16-8-20-12)13(18)17-10-7-15(5,19-6)14(10,3)4/h8-10H,7H2,1-6H3,(H,17,18)/t10-,15+/m1/s1. The van der Waals surface area contributed by atoms with E-state index < -0.39 is 0 Å². The lowest BCUT2D eigenvalue weighted by Crippen LogP contribution is -2.68. The lowest BCUT2D eigenvalue weighted by Gasteiger charge is -2.59. The first kappa shape index (κ1) is 15.0. The van der Waals surface area contributed by atoms with E-state index in [0.29, 0.717) is 11.5 Å². The van der Waals surface area contributed by atoms with E-state index in [1.165, 1.54) is 6.39 Å². The smallest absolute Gasteiger partial charge is 0.273 e. The average molecular weight is 280 g/mol. The van der Waals surface area contributed by atoms with Gasteiger partial charge in [0.1, 0.15) is 5.76 Å². The predicted molar refractivity (Wildman–Crippen MR) is 75.7 cm³/mol. The highest BCUT2D eigenvalue weighted by molar-refractivity contribution is 5.93. The fourth-order valence-electron chi connectivity index (χ4n) is 2.78. The molecule has 2 atom stereocenters. The van der Waals surface area contributed by atoms with Crippen molar-refractivity contribution in [3.8, 4) is 0 Å². The Balaban J connectivity index is 2.09. The maximum absolute atomic E-state index is 12.3. The van der Waals surface area contributed by atoms with Crippen LogP contribution in [0.1, 0.15) is 63.2 Å². The number of carbonyl (C=O) groups excluding carboxylic acids is 1. The molecule has 1 aromatic heterocycles. The number of rotatable bonds is 4. The molecule has 0 saturated heterocycles. The highest BCUT2D eigenvalue weighted by Gasteiger charge is 2.58. The average Bonchev–Trinajstić information content (AvgIpc) is 2.87. The summed E-state index contributed by atoms with van der Waals surface area (Å²) >= 11 is 0. The van der Waals surface area contributed by atoms with Crippen LogP contribution in [0.2, 0.25) is 0 Å². The molecule has 0 aromatic carbocycles. The van der Waals surface area contributed by atoms with Crippen LogP contribution in [-0.2, 0) is 4.74 Å². The van der Waals surface area contributed by atoms with Gasteiger partial charge in [-0.15, -0.1) is 0 Å². The zero-order valence-corrected chi connectivity index (χ0v) is 13.1. The molecule has 1 saturated carbocycles. The van der Waals surface area contributed by atoms with Gasteiger partial charge in [0, 0.05) is 24.5 Å². The molecule has 0 bridgehead atoms. The van der Waals surface area contributed by atoms with Crippen LogP contribution in [0, 0.1) is 5.41 Å². The number of hydrogen-bond acceptors (Lipinski definition) is 4. The Labute approximate surface area is 120 Å². The van der Waals surface area contributed by atoms with E-state index >= 15 is 0 Å². The van der Waals surface area contributed by atoms with E-state index in [4.69, 9.17) is 9.15 Å². The van der Waals surface area contributed by atoms with E-state index in [9.17, 15) is 4.79 Å². The van der Waals surface area contributed by atoms with Gasteiger partial charge in [-0.2, -0.15) is 0 Å². The lowest BCUT2D eigenvalue weighted by atomic mass is 9.56. The van der Waals surface area contributed by atoms with Gasteiger partial charge in [-0.1, -0.05) is 27.7 Å². The van der Waals surface area contributed by atoms with Gasteiger partial charge in [0.2, 0.25) is 0 Å². The molecule has 1 heterocycles. The number of nitrogens with zero attached hydrogens (tertiary/aromatic N) is 1. The monoisotopic (exact) mass is 280 g/mol. The third-order valence-corrected chi connectivity index (χ3v) is 4.92. The maximum Gasteiger partial charge on any atom is 0.273 e. The van der Waals surface area contributed by atoms with Crippen molar-refractivity contribution in [1.82, 2.24) is 10.3 Å². The molecule has 2 rings (SSSR count). The summed E-state index contributed by atoms with van der Waals surface area (Å²) in [5, 5.41) is 3.05. The third-order valence-electron chi connectivity index (χ3n) is 4.92.